The first-order valence-corrected chi connectivity index (χ1v) is 4.84. The largest absolute Gasteiger partial charge is 0.389 e. The molecule has 0 atom stereocenters. The van der Waals surface area contributed by atoms with Crippen LogP contribution in [-0.2, 0) is 4.79 Å². The van der Waals surface area contributed by atoms with Gasteiger partial charge in [0.05, 0.1) is 12.1 Å². The fourth-order valence-electron chi connectivity index (χ4n) is 0.944. The van der Waals surface area contributed by atoms with Crippen LogP contribution in [0.25, 0.3) is 0 Å². The molecule has 0 spiro atoms. The Bertz CT molecular complexity index is 189. The Morgan fingerprint density at radius 1 is 1.21 bits per heavy atom. The second-order valence-electron chi connectivity index (χ2n) is 5.21. The van der Waals surface area contributed by atoms with Crippen molar-refractivity contribution in [3.05, 3.63) is 0 Å². The van der Waals surface area contributed by atoms with Gasteiger partial charge in [0.1, 0.15) is 0 Å². The van der Waals surface area contributed by atoms with Gasteiger partial charge in [-0.05, 0) is 34.6 Å². The lowest BCUT2D eigenvalue weighted by Crippen LogP contribution is -2.46. The van der Waals surface area contributed by atoms with Crippen molar-refractivity contribution in [1.29, 1.82) is 0 Å². The summed E-state index contributed by atoms with van der Waals surface area (Å²) in [7, 11) is 0. The third-order valence-electron chi connectivity index (χ3n) is 1.36. The van der Waals surface area contributed by atoms with Crippen molar-refractivity contribution in [2.45, 2.75) is 45.8 Å². The van der Waals surface area contributed by atoms with Gasteiger partial charge in [0.25, 0.3) is 0 Å². The summed E-state index contributed by atoms with van der Waals surface area (Å²) in [5.41, 5.74) is -0.977. The van der Waals surface area contributed by atoms with Gasteiger partial charge >= 0.3 is 0 Å². The Labute approximate surface area is 86.1 Å². The molecule has 0 aromatic carbocycles. The molecule has 0 aliphatic heterocycles. The number of amides is 1. The van der Waals surface area contributed by atoms with Crippen LogP contribution in [0.5, 0.6) is 0 Å². The highest BCUT2D eigenvalue weighted by atomic mass is 16.3. The smallest absolute Gasteiger partial charge is 0.234 e. The molecule has 0 bridgehead atoms. The molecule has 0 saturated heterocycles. The highest BCUT2D eigenvalue weighted by molar-refractivity contribution is 5.78. The number of carbonyl (C=O) groups is 1. The molecule has 84 valence electrons. The van der Waals surface area contributed by atoms with Crippen LogP contribution in [0.2, 0.25) is 0 Å². The molecule has 0 aromatic rings. The lowest BCUT2D eigenvalue weighted by molar-refractivity contribution is -0.121. The first-order chi connectivity index (χ1) is 6.10. The van der Waals surface area contributed by atoms with Gasteiger partial charge < -0.3 is 15.7 Å². The second kappa shape index (κ2) is 4.75. The summed E-state index contributed by atoms with van der Waals surface area (Å²) in [6.45, 7) is 9.83. The topological polar surface area (TPSA) is 61.4 Å². The third-order valence-corrected chi connectivity index (χ3v) is 1.36. The van der Waals surface area contributed by atoms with Gasteiger partial charge in [0.15, 0.2) is 0 Å². The Morgan fingerprint density at radius 2 is 1.71 bits per heavy atom. The Balaban J connectivity index is 3.66. The van der Waals surface area contributed by atoms with Gasteiger partial charge in [-0.1, -0.05) is 0 Å². The maximum Gasteiger partial charge on any atom is 0.234 e. The van der Waals surface area contributed by atoms with Crippen LogP contribution in [0.4, 0.5) is 0 Å². The summed E-state index contributed by atoms with van der Waals surface area (Å²) in [4.78, 5) is 11.3. The lowest BCUT2D eigenvalue weighted by Gasteiger charge is -2.22. The van der Waals surface area contributed by atoms with E-state index in [2.05, 4.69) is 10.6 Å². The lowest BCUT2D eigenvalue weighted by atomic mass is 10.1. The zero-order chi connectivity index (χ0) is 11.4. The number of carbonyl (C=O) groups excluding carboxylic acids is 1. The van der Waals surface area contributed by atoms with E-state index < -0.39 is 5.60 Å². The monoisotopic (exact) mass is 202 g/mol. The number of nitrogens with one attached hydrogen (secondary N) is 2. The van der Waals surface area contributed by atoms with Crippen LogP contribution >= 0.6 is 0 Å². The van der Waals surface area contributed by atoms with Crippen molar-refractivity contribution in [2.75, 3.05) is 13.1 Å². The van der Waals surface area contributed by atoms with Gasteiger partial charge in [-0.15, -0.1) is 0 Å². The number of rotatable bonds is 4. The van der Waals surface area contributed by atoms with Gasteiger partial charge in [0, 0.05) is 12.1 Å². The van der Waals surface area contributed by atoms with Crippen molar-refractivity contribution >= 4 is 5.91 Å². The molecule has 0 unspecified atom stereocenters. The summed E-state index contributed by atoms with van der Waals surface area (Å²) in [6, 6.07) is 0. The van der Waals surface area contributed by atoms with E-state index in [1.165, 1.54) is 0 Å². The molecular formula is C10H22N2O2. The second-order valence-corrected chi connectivity index (χ2v) is 5.21. The van der Waals surface area contributed by atoms with Crippen LogP contribution in [0.1, 0.15) is 34.6 Å². The molecule has 0 rings (SSSR count). The zero-order valence-corrected chi connectivity index (χ0v) is 9.77. The number of hydrogen-bond donors (Lipinski definition) is 3. The fraction of sp³-hybridized carbons (Fsp3) is 0.900. The molecular weight excluding hydrogens is 180 g/mol. The molecule has 0 aromatic heterocycles. The standard InChI is InChI=1S/C10H22N2O2/c1-9(2,3)12-8(13)6-11-7-10(4,5)14/h11,14H,6-7H2,1-5H3,(H,12,13). The summed E-state index contributed by atoms with van der Waals surface area (Å²) < 4.78 is 0. The molecule has 0 aliphatic carbocycles. The molecule has 0 aliphatic rings. The Hall–Kier alpha value is -0.610. The van der Waals surface area contributed by atoms with E-state index in [0.717, 1.165) is 0 Å². The highest BCUT2D eigenvalue weighted by Crippen LogP contribution is 1.98. The predicted molar refractivity (Wildman–Crippen MR) is 57.1 cm³/mol. The van der Waals surface area contributed by atoms with Crippen LogP contribution in [-0.4, -0.2) is 35.2 Å². The maximum absolute atomic E-state index is 11.3. The average Bonchev–Trinajstić information content (AvgIpc) is 1.78. The van der Waals surface area contributed by atoms with Gasteiger partial charge in [-0.2, -0.15) is 0 Å². The molecule has 0 fully saturated rings. The third kappa shape index (κ3) is 9.48. The van der Waals surface area contributed by atoms with Crippen LogP contribution in [0.3, 0.4) is 0 Å². The van der Waals surface area contributed by atoms with Gasteiger partial charge in [-0.3, -0.25) is 4.79 Å². The van der Waals surface area contributed by atoms with E-state index in [-0.39, 0.29) is 18.0 Å². The minimum Gasteiger partial charge on any atom is -0.389 e. The fourth-order valence-corrected chi connectivity index (χ4v) is 0.944. The van der Waals surface area contributed by atoms with Crippen molar-refractivity contribution in [3.63, 3.8) is 0 Å². The van der Waals surface area contributed by atoms with Crippen molar-refractivity contribution in [3.8, 4) is 0 Å². The van der Waals surface area contributed by atoms with E-state index in [0.29, 0.717) is 6.54 Å². The normalized spacial score (nSPS) is 12.7. The van der Waals surface area contributed by atoms with E-state index in [4.69, 9.17) is 0 Å². The first kappa shape index (κ1) is 13.4. The van der Waals surface area contributed by atoms with Crippen LogP contribution in [0.15, 0.2) is 0 Å². The van der Waals surface area contributed by atoms with Crippen molar-refractivity contribution in [2.24, 2.45) is 0 Å². The molecule has 14 heavy (non-hydrogen) atoms. The van der Waals surface area contributed by atoms with E-state index in [9.17, 15) is 9.90 Å². The molecule has 4 heteroatoms. The minimum atomic E-state index is -0.776. The SMILES string of the molecule is CC(C)(O)CNCC(=O)NC(C)(C)C. The minimum absolute atomic E-state index is 0.0539. The predicted octanol–water partition coefficient (Wildman–Crippen LogP) is 0.262. The first-order valence-electron chi connectivity index (χ1n) is 4.84. The van der Waals surface area contributed by atoms with Crippen molar-refractivity contribution in [1.82, 2.24) is 10.6 Å². The molecule has 0 heterocycles. The van der Waals surface area contributed by atoms with E-state index >= 15 is 0 Å². The summed E-state index contributed by atoms with van der Waals surface area (Å²) in [5.74, 6) is -0.0539. The summed E-state index contributed by atoms with van der Waals surface area (Å²) in [5, 5.41) is 15.1. The average molecular weight is 202 g/mol. The Kier molecular flexibility index (Phi) is 4.55. The van der Waals surface area contributed by atoms with Crippen molar-refractivity contribution < 1.29 is 9.90 Å². The number of hydrogen-bond acceptors (Lipinski definition) is 3. The van der Waals surface area contributed by atoms with Gasteiger partial charge in [0.2, 0.25) is 5.91 Å². The van der Waals surface area contributed by atoms with Crippen LogP contribution < -0.4 is 10.6 Å². The molecule has 0 saturated carbocycles. The molecule has 3 N–H and O–H groups in total. The summed E-state index contributed by atoms with van der Waals surface area (Å²) >= 11 is 0. The van der Waals surface area contributed by atoms with Crippen LogP contribution in [0, 0.1) is 0 Å². The molecule has 4 nitrogen and oxygen atoms in total. The van der Waals surface area contributed by atoms with E-state index in [1.54, 1.807) is 13.8 Å². The number of aliphatic hydroxyl groups is 1. The summed E-state index contributed by atoms with van der Waals surface area (Å²) in [6.07, 6.45) is 0. The highest BCUT2D eigenvalue weighted by Gasteiger charge is 2.15. The van der Waals surface area contributed by atoms with E-state index in [1.807, 2.05) is 20.8 Å². The quantitative estimate of drug-likeness (QED) is 0.613. The van der Waals surface area contributed by atoms with Gasteiger partial charge in [-0.25, -0.2) is 0 Å². The molecule has 1 amide bonds. The molecule has 0 radical (unpaired) electrons. The maximum atomic E-state index is 11.3. The Morgan fingerprint density at radius 3 is 2.07 bits per heavy atom. The zero-order valence-electron chi connectivity index (χ0n) is 9.77.